The van der Waals surface area contributed by atoms with Crippen LogP contribution in [-0.4, -0.2) is 56.4 Å². The molecule has 0 aromatic rings. The summed E-state index contributed by atoms with van der Waals surface area (Å²) in [6, 6.07) is 0. The number of carbonyl (C=O) groups is 1. The summed E-state index contributed by atoms with van der Waals surface area (Å²) in [6.07, 6.45) is 2.56. The molecular formula is C20H39N3O2. The van der Waals surface area contributed by atoms with Crippen LogP contribution in [0.25, 0.3) is 0 Å². The Kier molecular flexibility index (Phi) is 17.9. The molecule has 1 rings (SSSR count). The first-order valence-electron chi connectivity index (χ1n) is 9.49. The van der Waals surface area contributed by atoms with Gasteiger partial charge in [0.15, 0.2) is 0 Å². The van der Waals surface area contributed by atoms with Crippen molar-refractivity contribution in [3.05, 3.63) is 24.4 Å². The predicted octanol–water partition coefficient (Wildman–Crippen LogP) is 3.67. The first kappa shape index (κ1) is 25.8. The molecule has 0 radical (unpaired) electrons. The second-order valence-corrected chi connectivity index (χ2v) is 5.31. The second kappa shape index (κ2) is 17.4. The van der Waals surface area contributed by atoms with Crippen LogP contribution in [0.15, 0.2) is 29.4 Å². The number of nitrogens with zero attached hydrogens (tertiary/aromatic N) is 2. The summed E-state index contributed by atoms with van der Waals surface area (Å²) in [5, 5.41) is 3.27. The van der Waals surface area contributed by atoms with Gasteiger partial charge >= 0.3 is 0 Å². The molecule has 1 atom stereocenters. The van der Waals surface area contributed by atoms with Crippen LogP contribution in [0.2, 0.25) is 0 Å². The van der Waals surface area contributed by atoms with Crippen LogP contribution in [0.5, 0.6) is 0 Å². The zero-order chi connectivity index (χ0) is 19.7. The Bertz CT molecular complexity index is 400. The summed E-state index contributed by atoms with van der Waals surface area (Å²) >= 11 is 0. The van der Waals surface area contributed by atoms with Crippen molar-refractivity contribution in [2.45, 2.75) is 48.0 Å². The second-order valence-electron chi connectivity index (χ2n) is 5.31. The van der Waals surface area contributed by atoms with E-state index < -0.39 is 0 Å². The largest absolute Gasteiger partial charge is 0.381 e. The van der Waals surface area contributed by atoms with Gasteiger partial charge in [0.05, 0.1) is 12.5 Å². The SMILES string of the molecule is C=C(C=NC(=C)C)CNCCN(CC)C(=O)C1CCOC1.CC.CC. The van der Waals surface area contributed by atoms with E-state index in [9.17, 15) is 4.79 Å². The Hall–Kier alpha value is -1.46. The molecule has 1 fully saturated rings. The molecule has 0 spiro atoms. The van der Waals surface area contributed by atoms with Crippen molar-refractivity contribution in [1.29, 1.82) is 0 Å². The molecule has 1 unspecified atom stereocenters. The number of hydrogen-bond donors (Lipinski definition) is 1. The van der Waals surface area contributed by atoms with Crippen molar-refractivity contribution >= 4 is 12.1 Å². The van der Waals surface area contributed by atoms with Gasteiger partial charge in [0.2, 0.25) is 5.91 Å². The van der Waals surface area contributed by atoms with Gasteiger partial charge in [-0.15, -0.1) is 0 Å². The lowest BCUT2D eigenvalue weighted by atomic mass is 10.1. The number of likely N-dealkylation sites (N-methyl/N-ethyl adjacent to an activating group) is 1. The fourth-order valence-corrected chi connectivity index (χ4v) is 2.12. The minimum Gasteiger partial charge on any atom is -0.381 e. The lowest BCUT2D eigenvalue weighted by molar-refractivity contribution is -0.135. The summed E-state index contributed by atoms with van der Waals surface area (Å²) < 4.78 is 5.28. The number of rotatable bonds is 9. The number of ether oxygens (including phenoxy) is 1. The number of allylic oxidation sites excluding steroid dienone is 1. The third kappa shape index (κ3) is 12.5. The number of carbonyl (C=O) groups excluding carboxylic acids is 1. The minimum atomic E-state index is 0.0441. The molecule has 146 valence electrons. The van der Waals surface area contributed by atoms with E-state index in [0.29, 0.717) is 26.3 Å². The smallest absolute Gasteiger partial charge is 0.228 e. The first-order valence-corrected chi connectivity index (χ1v) is 9.49. The molecule has 1 N–H and O–H groups in total. The molecule has 1 aliphatic rings. The highest BCUT2D eigenvalue weighted by Gasteiger charge is 2.26. The summed E-state index contributed by atoms with van der Waals surface area (Å²) in [4.78, 5) is 18.2. The first-order chi connectivity index (χ1) is 12.0. The van der Waals surface area contributed by atoms with Crippen molar-refractivity contribution in [3.8, 4) is 0 Å². The summed E-state index contributed by atoms with van der Waals surface area (Å²) in [6.45, 7) is 23.6. The summed E-state index contributed by atoms with van der Waals surface area (Å²) in [5.74, 6) is 0.252. The maximum Gasteiger partial charge on any atom is 0.228 e. The van der Waals surface area contributed by atoms with E-state index in [2.05, 4.69) is 23.5 Å². The van der Waals surface area contributed by atoms with Crippen LogP contribution in [0.1, 0.15) is 48.0 Å². The number of aliphatic imine (C=N–C) groups is 1. The van der Waals surface area contributed by atoms with Crippen molar-refractivity contribution < 1.29 is 9.53 Å². The lowest BCUT2D eigenvalue weighted by Crippen LogP contribution is -2.40. The molecule has 1 aliphatic heterocycles. The molecule has 0 aliphatic carbocycles. The molecule has 0 saturated carbocycles. The van der Waals surface area contributed by atoms with Crippen LogP contribution in [0, 0.1) is 5.92 Å². The molecular weight excluding hydrogens is 314 g/mol. The molecule has 5 nitrogen and oxygen atoms in total. The van der Waals surface area contributed by atoms with Crippen LogP contribution in [0.3, 0.4) is 0 Å². The Balaban J connectivity index is 0. The van der Waals surface area contributed by atoms with Crippen LogP contribution >= 0.6 is 0 Å². The van der Waals surface area contributed by atoms with E-state index in [1.807, 2.05) is 46.4 Å². The standard InChI is InChI=1S/C16H27N3O2.2C2H6/c1-5-19(16(20)15-6-9-21-12-15)8-7-17-10-14(4)11-18-13(2)3;2*1-2/h11,15,17H,2,4-10,12H2,1,3H3;2*1-2H3. The average molecular weight is 354 g/mol. The van der Waals surface area contributed by atoms with Gasteiger partial charge in [-0.1, -0.05) is 40.9 Å². The predicted molar refractivity (Wildman–Crippen MR) is 109 cm³/mol. The van der Waals surface area contributed by atoms with Gasteiger partial charge in [-0.05, 0) is 25.8 Å². The van der Waals surface area contributed by atoms with E-state index in [4.69, 9.17) is 4.74 Å². The highest BCUT2D eigenvalue weighted by molar-refractivity contribution is 5.79. The highest BCUT2D eigenvalue weighted by atomic mass is 16.5. The molecule has 0 bridgehead atoms. The highest BCUT2D eigenvalue weighted by Crippen LogP contribution is 2.15. The normalized spacial score (nSPS) is 15.7. The molecule has 0 aromatic heterocycles. The number of nitrogens with one attached hydrogen (secondary N) is 1. The van der Waals surface area contributed by atoms with Gasteiger partial charge in [-0.3, -0.25) is 9.79 Å². The van der Waals surface area contributed by atoms with E-state index in [0.717, 1.165) is 30.8 Å². The molecule has 1 heterocycles. The average Bonchev–Trinajstić information content (AvgIpc) is 3.17. The van der Waals surface area contributed by atoms with Crippen LogP contribution in [0.4, 0.5) is 0 Å². The van der Waals surface area contributed by atoms with Crippen LogP contribution < -0.4 is 5.32 Å². The Morgan fingerprint density at radius 1 is 1.32 bits per heavy atom. The maximum absolute atomic E-state index is 12.3. The summed E-state index contributed by atoms with van der Waals surface area (Å²) in [5.41, 5.74) is 1.66. The quantitative estimate of drug-likeness (QED) is 0.508. The maximum atomic E-state index is 12.3. The van der Waals surface area contributed by atoms with Gasteiger partial charge in [0, 0.05) is 44.7 Å². The van der Waals surface area contributed by atoms with Gasteiger partial charge in [-0.25, -0.2) is 0 Å². The van der Waals surface area contributed by atoms with Crippen molar-refractivity contribution in [3.63, 3.8) is 0 Å². The number of amides is 1. The van der Waals surface area contributed by atoms with E-state index in [1.165, 1.54) is 0 Å². The van der Waals surface area contributed by atoms with Gasteiger partial charge in [-0.2, -0.15) is 0 Å². The summed E-state index contributed by atoms with van der Waals surface area (Å²) in [7, 11) is 0. The van der Waals surface area contributed by atoms with Gasteiger partial charge < -0.3 is 15.0 Å². The zero-order valence-electron chi connectivity index (χ0n) is 17.2. The Morgan fingerprint density at radius 2 is 1.96 bits per heavy atom. The van der Waals surface area contributed by atoms with E-state index in [1.54, 1.807) is 6.21 Å². The lowest BCUT2D eigenvalue weighted by Gasteiger charge is -2.23. The zero-order valence-corrected chi connectivity index (χ0v) is 17.2. The van der Waals surface area contributed by atoms with Gasteiger partial charge in [0.1, 0.15) is 0 Å². The topological polar surface area (TPSA) is 53.9 Å². The molecule has 0 aromatic carbocycles. The fourth-order valence-electron chi connectivity index (χ4n) is 2.12. The van der Waals surface area contributed by atoms with Crippen molar-refractivity contribution in [1.82, 2.24) is 10.2 Å². The van der Waals surface area contributed by atoms with Crippen molar-refractivity contribution in [2.24, 2.45) is 10.9 Å². The van der Waals surface area contributed by atoms with Gasteiger partial charge in [0.25, 0.3) is 0 Å². The van der Waals surface area contributed by atoms with E-state index in [-0.39, 0.29) is 11.8 Å². The molecule has 5 heteroatoms. The fraction of sp³-hybridized carbons (Fsp3) is 0.700. The van der Waals surface area contributed by atoms with E-state index >= 15 is 0 Å². The number of hydrogen-bond acceptors (Lipinski definition) is 4. The Morgan fingerprint density at radius 3 is 2.44 bits per heavy atom. The van der Waals surface area contributed by atoms with Crippen molar-refractivity contribution in [2.75, 3.05) is 39.4 Å². The third-order valence-corrected chi connectivity index (χ3v) is 3.35. The van der Waals surface area contributed by atoms with Crippen LogP contribution in [-0.2, 0) is 9.53 Å². The Labute approximate surface area is 155 Å². The minimum absolute atomic E-state index is 0.0441. The molecule has 1 saturated heterocycles. The molecule has 25 heavy (non-hydrogen) atoms. The monoisotopic (exact) mass is 353 g/mol. The molecule has 1 amide bonds. The third-order valence-electron chi connectivity index (χ3n) is 3.35.